The third-order valence-electron chi connectivity index (χ3n) is 1.64. The average Bonchev–Trinajstić information content (AvgIpc) is 1.97. The van der Waals surface area contributed by atoms with Crippen LogP contribution in [0.15, 0.2) is 12.2 Å². The predicted molar refractivity (Wildman–Crippen MR) is 45.5 cm³/mol. The van der Waals surface area contributed by atoms with Crippen molar-refractivity contribution in [2.24, 2.45) is 5.92 Å². The first-order chi connectivity index (χ1) is 5.22. The Kier molecular flexibility index (Phi) is 5.53. The second kappa shape index (κ2) is 5.96. The maximum atomic E-state index is 10.6. The summed E-state index contributed by atoms with van der Waals surface area (Å²) in [5.41, 5.74) is 0. The fourth-order valence-corrected chi connectivity index (χ4v) is 0.991. The van der Waals surface area contributed by atoms with Gasteiger partial charge in [-0.25, -0.2) is 0 Å². The Bertz CT molecular complexity index is 138. The second-order valence-electron chi connectivity index (χ2n) is 2.63. The van der Waals surface area contributed by atoms with Crippen molar-refractivity contribution in [3.8, 4) is 0 Å². The van der Waals surface area contributed by atoms with E-state index >= 15 is 0 Å². The van der Waals surface area contributed by atoms with Crippen molar-refractivity contribution in [1.29, 1.82) is 0 Å². The van der Waals surface area contributed by atoms with Gasteiger partial charge in [0.25, 0.3) is 0 Å². The first-order valence-corrected chi connectivity index (χ1v) is 4.06. The number of allylic oxidation sites excluding steroid dienone is 2. The molecule has 2 heteroatoms. The van der Waals surface area contributed by atoms with E-state index in [0.29, 0.717) is 6.42 Å². The van der Waals surface area contributed by atoms with Crippen LogP contribution in [0.4, 0.5) is 0 Å². The van der Waals surface area contributed by atoms with Gasteiger partial charge in [0.15, 0.2) is 0 Å². The van der Waals surface area contributed by atoms with Crippen molar-refractivity contribution >= 4 is 5.97 Å². The molecule has 0 aromatic heterocycles. The maximum Gasteiger partial charge on any atom is 0.306 e. The van der Waals surface area contributed by atoms with Crippen molar-refractivity contribution in [1.82, 2.24) is 0 Å². The van der Waals surface area contributed by atoms with Gasteiger partial charge < -0.3 is 5.11 Å². The van der Waals surface area contributed by atoms with Crippen LogP contribution in [0.2, 0.25) is 0 Å². The van der Waals surface area contributed by atoms with Crippen LogP contribution in [0.5, 0.6) is 0 Å². The molecular weight excluding hydrogens is 140 g/mol. The van der Waals surface area contributed by atoms with Crippen LogP contribution in [0.25, 0.3) is 0 Å². The molecule has 0 aromatic rings. The summed E-state index contributed by atoms with van der Waals surface area (Å²) in [7, 11) is 0. The molecule has 0 saturated heterocycles. The lowest BCUT2D eigenvalue weighted by Gasteiger charge is -2.06. The molecule has 11 heavy (non-hydrogen) atoms. The molecule has 0 radical (unpaired) electrons. The average molecular weight is 156 g/mol. The summed E-state index contributed by atoms with van der Waals surface area (Å²) in [5.74, 6) is -0.860. The van der Waals surface area contributed by atoms with Gasteiger partial charge >= 0.3 is 5.97 Å². The monoisotopic (exact) mass is 156 g/mol. The van der Waals surface area contributed by atoms with Gasteiger partial charge in [-0.1, -0.05) is 25.5 Å². The molecule has 0 aliphatic carbocycles. The van der Waals surface area contributed by atoms with Gasteiger partial charge in [0.05, 0.1) is 5.92 Å². The lowest BCUT2D eigenvalue weighted by Crippen LogP contribution is -2.12. The van der Waals surface area contributed by atoms with Crippen LogP contribution in [-0.4, -0.2) is 11.1 Å². The van der Waals surface area contributed by atoms with Crippen LogP contribution < -0.4 is 0 Å². The van der Waals surface area contributed by atoms with Gasteiger partial charge in [0, 0.05) is 0 Å². The number of aliphatic carboxylic acids is 1. The van der Waals surface area contributed by atoms with E-state index in [1.54, 1.807) is 0 Å². The number of carboxylic acid groups (broad SMARTS) is 1. The van der Waals surface area contributed by atoms with E-state index in [4.69, 9.17) is 5.11 Å². The van der Waals surface area contributed by atoms with Crippen LogP contribution in [0, 0.1) is 5.92 Å². The van der Waals surface area contributed by atoms with E-state index < -0.39 is 5.97 Å². The van der Waals surface area contributed by atoms with Gasteiger partial charge in [0.2, 0.25) is 0 Å². The minimum Gasteiger partial charge on any atom is -0.481 e. The molecular formula is C9H16O2. The Labute approximate surface area is 67.9 Å². The predicted octanol–water partition coefficient (Wildman–Crippen LogP) is 2.45. The Morgan fingerprint density at radius 2 is 2.27 bits per heavy atom. The number of rotatable bonds is 5. The van der Waals surface area contributed by atoms with Gasteiger partial charge in [-0.3, -0.25) is 4.79 Å². The van der Waals surface area contributed by atoms with Crippen molar-refractivity contribution in [3.05, 3.63) is 12.2 Å². The van der Waals surface area contributed by atoms with Gasteiger partial charge in [-0.15, -0.1) is 0 Å². The number of carbonyl (C=O) groups is 1. The summed E-state index contributed by atoms with van der Waals surface area (Å²) >= 11 is 0. The molecule has 0 saturated carbocycles. The number of hydrogen-bond acceptors (Lipinski definition) is 1. The fraction of sp³-hybridized carbons (Fsp3) is 0.667. The fourth-order valence-electron chi connectivity index (χ4n) is 0.991. The Hall–Kier alpha value is -0.790. The molecule has 1 N–H and O–H groups in total. The van der Waals surface area contributed by atoms with E-state index in [-0.39, 0.29) is 5.92 Å². The highest BCUT2D eigenvalue weighted by Gasteiger charge is 2.13. The molecule has 0 aliphatic rings. The molecule has 0 amide bonds. The zero-order valence-electron chi connectivity index (χ0n) is 7.21. The lowest BCUT2D eigenvalue weighted by atomic mass is 10.00. The Balaban J connectivity index is 3.79. The van der Waals surface area contributed by atoms with E-state index in [0.717, 1.165) is 12.8 Å². The molecule has 0 aliphatic heterocycles. The molecule has 0 rings (SSSR count). The van der Waals surface area contributed by atoms with Crippen molar-refractivity contribution < 1.29 is 9.90 Å². The van der Waals surface area contributed by atoms with Crippen LogP contribution in [-0.2, 0) is 4.79 Å². The summed E-state index contributed by atoms with van der Waals surface area (Å²) in [5, 5.41) is 8.70. The zero-order valence-corrected chi connectivity index (χ0v) is 7.21. The second-order valence-corrected chi connectivity index (χ2v) is 2.63. The van der Waals surface area contributed by atoms with Crippen LogP contribution in [0.3, 0.4) is 0 Å². The summed E-state index contributed by atoms with van der Waals surface area (Å²) in [4.78, 5) is 10.6. The highest BCUT2D eigenvalue weighted by atomic mass is 16.4. The zero-order chi connectivity index (χ0) is 8.69. The molecule has 1 atom stereocenters. The molecule has 2 nitrogen and oxygen atoms in total. The summed E-state index contributed by atoms with van der Waals surface area (Å²) < 4.78 is 0. The van der Waals surface area contributed by atoms with Gasteiger partial charge in [-0.05, 0) is 19.8 Å². The summed E-state index contributed by atoms with van der Waals surface area (Å²) in [6, 6.07) is 0. The molecule has 0 spiro atoms. The van der Waals surface area contributed by atoms with Crippen molar-refractivity contribution in [2.45, 2.75) is 33.1 Å². The highest BCUT2D eigenvalue weighted by molar-refractivity contribution is 5.70. The standard InChI is InChI=1S/C9H16O2/c1-3-5-7-8(6-4-2)9(10)11/h3,5,8H,4,6-7H2,1-2H3,(H,10,11)/b5-3+/t8-/m0/s1. The normalized spacial score (nSPS) is 13.6. The minimum absolute atomic E-state index is 0.184. The SMILES string of the molecule is C/C=C/C[C@H](CCC)C(=O)O. The Morgan fingerprint density at radius 3 is 2.64 bits per heavy atom. The van der Waals surface area contributed by atoms with Crippen LogP contribution >= 0.6 is 0 Å². The maximum absolute atomic E-state index is 10.6. The lowest BCUT2D eigenvalue weighted by molar-refractivity contribution is -0.141. The summed E-state index contributed by atoms with van der Waals surface area (Å²) in [6.07, 6.45) is 6.19. The molecule has 0 aromatic carbocycles. The highest BCUT2D eigenvalue weighted by Crippen LogP contribution is 2.11. The number of hydrogen-bond donors (Lipinski definition) is 1. The van der Waals surface area contributed by atoms with Gasteiger partial charge in [-0.2, -0.15) is 0 Å². The van der Waals surface area contributed by atoms with E-state index in [1.807, 2.05) is 26.0 Å². The van der Waals surface area contributed by atoms with Gasteiger partial charge in [0.1, 0.15) is 0 Å². The molecule has 0 fully saturated rings. The largest absolute Gasteiger partial charge is 0.481 e. The minimum atomic E-state index is -0.676. The smallest absolute Gasteiger partial charge is 0.306 e. The summed E-state index contributed by atoms with van der Waals surface area (Å²) in [6.45, 7) is 3.91. The number of carboxylic acids is 1. The molecule has 64 valence electrons. The van der Waals surface area contributed by atoms with E-state index in [9.17, 15) is 4.79 Å². The van der Waals surface area contributed by atoms with E-state index in [2.05, 4.69) is 0 Å². The molecule has 0 unspecified atom stereocenters. The third-order valence-corrected chi connectivity index (χ3v) is 1.64. The topological polar surface area (TPSA) is 37.3 Å². The van der Waals surface area contributed by atoms with Crippen molar-refractivity contribution in [2.75, 3.05) is 0 Å². The molecule has 0 heterocycles. The first-order valence-electron chi connectivity index (χ1n) is 4.06. The van der Waals surface area contributed by atoms with Crippen LogP contribution in [0.1, 0.15) is 33.1 Å². The molecule has 0 bridgehead atoms. The van der Waals surface area contributed by atoms with E-state index in [1.165, 1.54) is 0 Å². The quantitative estimate of drug-likeness (QED) is 0.621. The third kappa shape index (κ3) is 4.59. The first kappa shape index (κ1) is 10.2. The Morgan fingerprint density at radius 1 is 1.64 bits per heavy atom. The van der Waals surface area contributed by atoms with Crippen molar-refractivity contribution in [3.63, 3.8) is 0 Å².